The summed E-state index contributed by atoms with van der Waals surface area (Å²) in [5.74, 6) is -0.0709. The molecular weight excluding hydrogens is 436 g/mol. The van der Waals surface area contributed by atoms with Crippen LogP contribution in [0.15, 0.2) is 41.8 Å². The number of fused-ring (bicyclic) bond motifs is 1. The van der Waals surface area contributed by atoms with Gasteiger partial charge in [0.1, 0.15) is 36.5 Å². The van der Waals surface area contributed by atoms with Gasteiger partial charge in [0, 0.05) is 12.1 Å². The van der Waals surface area contributed by atoms with Crippen LogP contribution in [0.1, 0.15) is 0 Å². The normalized spacial score (nSPS) is 26.4. The molecule has 0 amide bonds. The van der Waals surface area contributed by atoms with E-state index in [0.717, 1.165) is 41.5 Å². The molecule has 2 aromatic heterocycles. The fraction of sp³-hybridized carbons (Fsp3) is 0.312. The first-order valence-electron chi connectivity index (χ1n) is 8.73. The Morgan fingerprint density at radius 3 is 2.48 bits per heavy atom. The molecule has 0 bridgehead atoms. The van der Waals surface area contributed by atoms with Crippen LogP contribution in [-0.2, 0) is 19.6 Å². The molecule has 0 radical (unpaired) electrons. The van der Waals surface area contributed by atoms with Crippen LogP contribution < -0.4 is 5.73 Å². The van der Waals surface area contributed by atoms with E-state index in [1.54, 1.807) is 0 Å². The topological polar surface area (TPSA) is 217 Å². The van der Waals surface area contributed by atoms with Gasteiger partial charge >= 0.3 is 0 Å². The third kappa shape index (κ3) is 2.86. The number of nitro groups is 1. The maximum atomic E-state index is 13.7. The first-order valence-corrected chi connectivity index (χ1v) is 10.2. The number of aliphatic hydroxyl groups excluding tert-OH is 3. The van der Waals surface area contributed by atoms with E-state index in [2.05, 4.69) is 15.0 Å². The molecule has 0 aliphatic carbocycles. The molecule has 0 spiro atoms. The van der Waals surface area contributed by atoms with E-state index in [1.165, 1.54) is 0 Å². The minimum Gasteiger partial charge on any atom is -0.394 e. The highest BCUT2D eigenvalue weighted by molar-refractivity contribution is 7.92. The summed E-state index contributed by atoms with van der Waals surface area (Å²) in [6.07, 6.45) is -3.33. The van der Waals surface area contributed by atoms with Crippen molar-refractivity contribution in [2.45, 2.75) is 28.3 Å². The SMILES string of the molecule is Nc1ncnc2c1ncn2[C@]1(S(=O)(=O)c2ccc([N+](=O)[O-])cc2)O[C@H](CO)[C@@H](O)[C@H]1O. The average Bonchev–Trinajstić information content (AvgIpc) is 3.29. The Kier molecular flexibility index (Phi) is 4.86. The van der Waals surface area contributed by atoms with Crippen molar-refractivity contribution in [2.75, 3.05) is 12.3 Å². The number of nitrogens with zero attached hydrogens (tertiary/aromatic N) is 5. The monoisotopic (exact) mass is 452 g/mol. The zero-order valence-corrected chi connectivity index (χ0v) is 16.3. The zero-order valence-electron chi connectivity index (χ0n) is 15.5. The number of non-ortho nitro benzene ring substituents is 1. The molecule has 15 heteroatoms. The van der Waals surface area contributed by atoms with Crippen molar-refractivity contribution in [3.63, 3.8) is 0 Å². The summed E-state index contributed by atoms with van der Waals surface area (Å²) >= 11 is 0. The number of sulfone groups is 1. The molecule has 5 N–H and O–H groups in total. The predicted molar refractivity (Wildman–Crippen MR) is 102 cm³/mol. The fourth-order valence-corrected chi connectivity index (χ4v) is 5.40. The van der Waals surface area contributed by atoms with Crippen LogP contribution in [-0.4, -0.2) is 73.1 Å². The number of rotatable bonds is 5. The Balaban J connectivity index is 2.00. The summed E-state index contributed by atoms with van der Waals surface area (Å²) in [6, 6.07) is 3.86. The highest BCUT2D eigenvalue weighted by Gasteiger charge is 2.64. The Bertz CT molecular complexity index is 1260. The molecule has 0 unspecified atom stereocenters. The molecule has 0 saturated carbocycles. The number of imidazole rings is 1. The van der Waals surface area contributed by atoms with E-state index in [4.69, 9.17) is 10.5 Å². The lowest BCUT2D eigenvalue weighted by Crippen LogP contribution is -2.51. The second-order valence-electron chi connectivity index (χ2n) is 6.71. The van der Waals surface area contributed by atoms with Crippen LogP contribution >= 0.6 is 0 Å². The van der Waals surface area contributed by atoms with Gasteiger partial charge in [-0.3, -0.25) is 14.7 Å². The molecule has 3 heterocycles. The molecule has 3 aromatic rings. The second kappa shape index (κ2) is 7.17. The standard InChI is InChI=1S/C16H16N6O8S/c17-14-11-15(19-6-18-14)21(7-20-11)16(13(25)12(24)10(5-23)30-16)31(28,29)9-3-1-8(2-4-9)22(26)27/h1-4,6-7,10,12-13,23-25H,5H2,(H2,17,18,19)/t10-,12-,13-,16+/m1/s1. The Labute approximate surface area is 173 Å². The van der Waals surface area contributed by atoms with Crippen molar-refractivity contribution in [2.24, 2.45) is 0 Å². The van der Waals surface area contributed by atoms with Crippen LogP contribution in [0.3, 0.4) is 0 Å². The molecule has 4 rings (SSSR count). The van der Waals surface area contributed by atoms with Gasteiger partial charge in [0.2, 0.25) is 9.84 Å². The summed E-state index contributed by atoms with van der Waals surface area (Å²) in [4.78, 5) is 21.5. The summed E-state index contributed by atoms with van der Waals surface area (Å²) in [6.45, 7) is -0.806. The maximum absolute atomic E-state index is 13.7. The largest absolute Gasteiger partial charge is 0.394 e. The molecule has 1 fully saturated rings. The first kappa shape index (κ1) is 21.0. The Morgan fingerprint density at radius 1 is 1.23 bits per heavy atom. The van der Waals surface area contributed by atoms with Crippen molar-refractivity contribution in [3.8, 4) is 0 Å². The quantitative estimate of drug-likeness (QED) is 0.257. The van der Waals surface area contributed by atoms with Crippen LogP contribution in [0.5, 0.6) is 0 Å². The van der Waals surface area contributed by atoms with E-state index in [1.807, 2.05) is 0 Å². The van der Waals surface area contributed by atoms with Crippen LogP contribution in [0.4, 0.5) is 11.5 Å². The molecule has 164 valence electrons. The van der Waals surface area contributed by atoms with E-state index in [9.17, 15) is 33.9 Å². The number of nitro benzene ring substituents is 1. The van der Waals surface area contributed by atoms with Gasteiger partial charge in [-0.15, -0.1) is 0 Å². The number of benzene rings is 1. The summed E-state index contributed by atoms with van der Waals surface area (Å²) < 4.78 is 33.9. The lowest BCUT2D eigenvalue weighted by atomic mass is 10.1. The number of hydrogen-bond donors (Lipinski definition) is 4. The van der Waals surface area contributed by atoms with E-state index in [0.29, 0.717) is 0 Å². The molecular formula is C16H16N6O8S. The zero-order chi connectivity index (χ0) is 22.6. The number of aromatic nitrogens is 4. The molecule has 31 heavy (non-hydrogen) atoms. The molecule has 1 aliphatic rings. The average molecular weight is 452 g/mol. The number of nitrogens with two attached hydrogens (primary N) is 1. The molecule has 1 saturated heterocycles. The highest BCUT2D eigenvalue weighted by atomic mass is 32.2. The number of nitrogen functional groups attached to an aromatic ring is 1. The van der Waals surface area contributed by atoms with Gasteiger partial charge in [0.25, 0.3) is 10.7 Å². The fourth-order valence-electron chi connectivity index (χ4n) is 3.47. The Morgan fingerprint density at radius 2 is 1.90 bits per heavy atom. The third-order valence-corrected chi connectivity index (χ3v) is 7.22. The minimum absolute atomic E-state index is 0.0125. The predicted octanol–water partition coefficient (Wildman–Crippen LogP) is -1.49. The third-order valence-electron chi connectivity index (χ3n) is 5.02. The molecule has 4 atom stereocenters. The van der Waals surface area contributed by atoms with Gasteiger partial charge in [-0.2, -0.15) is 0 Å². The summed E-state index contributed by atoms with van der Waals surface area (Å²) in [5, 5.41) is 39.0. The van der Waals surface area contributed by atoms with E-state index >= 15 is 0 Å². The lowest BCUT2D eigenvalue weighted by Gasteiger charge is -2.32. The molecule has 14 nitrogen and oxygen atoms in total. The number of ether oxygens (including phenoxy) is 1. The van der Waals surface area contributed by atoms with Gasteiger partial charge in [-0.25, -0.2) is 23.4 Å². The minimum atomic E-state index is -4.74. The van der Waals surface area contributed by atoms with E-state index in [-0.39, 0.29) is 22.7 Å². The molecule has 1 aromatic carbocycles. The van der Waals surface area contributed by atoms with Crippen molar-refractivity contribution in [1.29, 1.82) is 0 Å². The number of aliphatic hydroxyl groups is 3. The van der Waals surface area contributed by atoms with Crippen molar-refractivity contribution in [1.82, 2.24) is 19.5 Å². The lowest BCUT2D eigenvalue weighted by molar-refractivity contribution is -0.384. The van der Waals surface area contributed by atoms with Gasteiger partial charge in [-0.1, -0.05) is 0 Å². The number of hydrogen-bond acceptors (Lipinski definition) is 12. The van der Waals surface area contributed by atoms with Crippen molar-refractivity contribution < 1.29 is 33.4 Å². The van der Waals surface area contributed by atoms with Crippen molar-refractivity contribution in [3.05, 3.63) is 47.0 Å². The molecule has 1 aliphatic heterocycles. The van der Waals surface area contributed by atoms with Crippen LogP contribution in [0.2, 0.25) is 0 Å². The van der Waals surface area contributed by atoms with Gasteiger partial charge in [0.15, 0.2) is 11.5 Å². The first-order chi connectivity index (χ1) is 14.6. The Hall–Kier alpha value is -3.24. The summed E-state index contributed by atoms with van der Waals surface area (Å²) in [5.41, 5.74) is 5.29. The van der Waals surface area contributed by atoms with Crippen LogP contribution in [0.25, 0.3) is 11.2 Å². The summed E-state index contributed by atoms with van der Waals surface area (Å²) in [7, 11) is -4.74. The smallest absolute Gasteiger partial charge is 0.286 e. The highest BCUT2D eigenvalue weighted by Crippen LogP contribution is 2.45. The van der Waals surface area contributed by atoms with Gasteiger partial charge in [0.05, 0.1) is 16.4 Å². The number of anilines is 1. The van der Waals surface area contributed by atoms with Gasteiger partial charge < -0.3 is 25.8 Å². The van der Waals surface area contributed by atoms with Crippen LogP contribution in [0, 0.1) is 10.1 Å². The maximum Gasteiger partial charge on any atom is 0.286 e. The second-order valence-corrected chi connectivity index (χ2v) is 8.77. The van der Waals surface area contributed by atoms with Gasteiger partial charge in [-0.05, 0) is 12.1 Å². The van der Waals surface area contributed by atoms with Crippen molar-refractivity contribution >= 4 is 32.5 Å². The van der Waals surface area contributed by atoms with E-state index < -0.39 is 49.6 Å².